The standard InChI is InChI=1S/C18H26FN/c1-6-13-15(11-20-16(13)10-18(3,4)5)14-9-7-8-12(2)17(14)19/h6-9,13,15-16,20H,1,10-11H2,2-5H3. The summed E-state index contributed by atoms with van der Waals surface area (Å²) < 4.78 is 14.4. The highest BCUT2D eigenvalue weighted by Crippen LogP contribution is 2.38. The van der Waals surface area contributed by atoms with Crippen molar-refractivity contribution >= 4 is 0 Å². The van der Waals surface area contributed by atoms with Crippen LogP contribution in [0.5, 0.6) is 0 Å². The predicted molar refractivity (Wildman–Crippen MR) is 83.4 cm³/mol. The number of nitrogens with one attached hydrogen (secondary N) is 1. The molecular weight excluding hydrogens is 249 g/mol. The molecule has 1 nitrogen and oxygen atoms in total. The minimum atomic E-state index is -0.0532. The molecule has 0 bridgehead atoms. The minimum Gasteiger partial charge on any atom is -0.313 e. The van der Waals surface area contributed by atoms with Crippen molar-refractivity contribution in [2.75, 3.05) is 6.54 Å². The number of rotatable bonds is 3. The Morgan fingerprint density at radius 1 is 1.40 bits per heavy atom. The van der Waals surface area contributed by atoms with E-state index in [1.54, 1.807) is 0 Å². The smallest absolute Gasteiger partial charge is 0.129 e. The lowest BCUT2D eigenvalue weighted by Crippen LogP contribution is -2.31. The van der Waals surface area contributed by atoms with Crippen LogP contribution in [0, 0.1) is 24.1 Å². The lowest BCUT2D eigenvalue weighted by Gasteiger charge is -2.28. The average molecular weight is 275 g/mol. The first-order chi connectivity index (χ1) is 9.33. The molecule has 1 aliphatic rings. The molecule has 0 aliphatic carbocycles. The van der Waals surface area contributed by atoms with Crippen molar-refractivity contribution in [2.24, 2.45) is 11.3 Å². The highest BCUT2D eigenvalue weighted by atomic mass is 19.1. The molecule has 1 heterocycles. The topological polar surface area (TPSA) is 12.0 Å². The van der Waals surface area contributed by atoms with Crippen molar-refractivity contribution in [3.63, 3.8) is 0 Å². The van der Waals surface area contributed by atoms with Crippen molar-refractivity contribution in [1.82, 2.24) is 5.32 Å². The molecule has 1 saturated heterocycles. The predicted octanol–water partition coefficient (Wildman–Crippen LogP) is 4.43. The molecule has 1 aromatic rings. The monoisotopic (exact) mass is 275 g/mol. The van der Waals surface area contributed by atoms with E-state index >= 15 is 0 Å². The summed E-state index contributed by atoms with van der Waals surface area (Å²) in [6.45, 7) is 13.4. The summed E-state index contributed by atoms with van der Waals surface area (Å²) in [4.78, 5) is 0. The Kier molecular flexibility index (Phi) is 4.33. The summed E-state index contributed by atoms with van der Waals surface area (Å²) in [7, 11) is 0. The Balaban J connectivity index is 2.26. The highest BCUT2D eigenvalue weighted by Gasteiger charge is 2.37. The molecule has 3 unspecified atom stereocenters. The van der Waals surface area contributed by atoms with Crippen molar-refractivity contribution in [2.45, 2.75) is 46.1 Å². The minimum absolute atomic E-state index is 0.0532. The summed E-state index contributed by atoms with van der Waals surface area (Å²) in [6, 6.07) is 6.09. The lowest BCUT2D eigenvalue weighted by atomic mass is 9.78. The Morgan fingerprint density at radius 3 is 2.70 bits per heavy atom. The number of halogens is 1. The van der Waals surface area contributed by atoms with Crippen LogP contribution in [0.15, 0.2) is 30.9 Å². The molecule has 0 radical (unpaired) electrons. The van der Waals surface area contributed by atoms with Gasteiger partial charge in [-0.25, -0.2) is 4.39 Å². The molecule has 20 heavy (non-hydrogen) atoms. The van der Waals surface area contributed by atoms with E-state index in [0.717, 1.165) is 24.1 Å². The van der Waals surface area contributed by atoms with Crippen molar-refractivity contribution < 1.29 is 4.39 Å². The second-order valence-electron chi connectivity index (χ2n) is 7.18. The Hall–Kier alpha value is -1.15. The second kappa shape index (κ2) is 5.69. The average Bonchev–Trinajstić information content (AvgIpc) is 2.73. The molecular formula is C18H26FN. The number of hydrogen-bond acceptors (Lipinski definition) is 1. The first-order valence-corrected chi connectivity index (χ1v) is 7.44. The quantitative estimate of drug-likeness (QED) is 0.805. The number of benzene rings is 1. The summed E-state index contributed by atoms with van der Waals surface area (Å²) in [5, 5.41) is 3.57. The molecule has 1 N–H and O–H groups in total. The van der Waals surface area contributed by atoms with E-state index in [-0.39, 0.29) is 17.2 Å². The van der Waals surface area contributed by atoms with E-state index < -0.39 is 0 Å². The Bertz CT molecular complexity index is 487. The van der Waals surface area contributed by atoms with E-state index in [0.29, 0.717) is 12.0 Å². The van der Waals surface area contributed by atoms with Gasteiger partial charge in [0.1, 0.15) is 5.82 Å². The molecule has 0 saturated carbocycles. The first kappa shape index (κ1) is 15.2. The van der Waals surface area contributed by atoms with E-state index in [2.05, 4.69) is 32.7 Å². The third-order valence-electron chi connectivity index (χ3n) is 4.25. The van der Waals surface area contributed by atoms with Crippen LogP contribution < -0.4 is 5.32 Å². The van der Waals surface area contributed by atoms with Crippen LogP contribution in [0.1, 0.15) is 44.2 Å². The zero-order valence-corrected chi connectivity index (χ0v) is 13.0. The van der Waals surface area contributed by atoms with Crippen LogP contribution in [-0.4, -0.2) is 12.6 Å². The first-order valence-electron chi connectivity index (χ1n) is 7.44. The molecule has 1 aromatic carbocycles. The maximum absolute atomic E-state index is 14.4. The Labute approximate surface area is 122 Å². The van der Waals surface area contributed by atoms with Crippen molar-refractivity contribution in [1.29, 1.82) is 0 Å². The van der Waals surface area contributed by atoms with Gasteiger partial charge in [0, 0.05) is 24.4 Å². The highest BCUT2D eigenvalue weighted by molar-refractivity contribution is 5.31. The van der Waals surface area contributed by atoms with Crippen molar-refractivity contribution in [3.8, 4) is 0 Å². The van der Waals surface area contributed by atoms with Crippen LogP contribution in [0.25, 0.3) is 0 Å². The van der Waals surface area contributed by atoms with Crippen LogP contribution in [-0.2, 0) is 0 Å². The van der Waals surface area contributed by atoms with Gasteiger partial charge in [-0.1, -0.05) is 45.0 Å². The van der Waals surface area contributed by atoms with Gasteiger partial charge in [-0.05, 0) is 29.9 Å². The van der Waals surface area contributed by atoms with Crippen LogP contribution in [0.4, 0.5) is 4.39 Å². The zero-order valence-electron chi connectivity index (χ0n) is 13.0. The molecule has 3 atom stereocenters. The molecule has 2 rings (SSSR count). The van der Waals surface area contributed by atoms with E-state index in [9.17, 15) is 4.39 Å². The summed E-state index contributed by atoms with van der Waals surface area (Å²) in [5.41, 5.74) is 1.82. The van der Waals surface area contributed by atoms with E-state index in [4.69, 9.17) is 0 Å². The van der Waals surface area contributed by atoms with Crippen LogP contribution in [0.3, 0.4) is 0 Å². The molecule has 110 valence electrons. The van der Waals surface area contributed by atoms with Crippen molar-refractivity contribution in [3.05, 3.63) is 47.8 Å². The fourth-order valence-corrected chi connectivity index (χ4v) is 3.30. The summed E-state index contributed by atoms with van der Waals surface area (Å²) in [6.07, 6.45) is 3.08. The molecule has 0 amide bonds. The van der Waals surface area contributed by atoms with Gasteiger partial charge in [-0.2, -0.15) is 0 Å². The van der Waals surface area contributed by atoms with Gasteiger partial charge >= 0.3 is 0 Å². The molecule has 1 fully saturated rings. The number of aryl methyl sites for hydroxylation is 1. The molecule has 2 heteroatoms. The molecule has 0 aromatic heterocycles. The largest absolute Gasteiger partial charge is 0.313 e. The maximum atomic E-state index is 14.4. The third kappa shape index (κ3) is 3.12. The van der Waals surface area contributed by atoms with Crippen LogP contribution in [0.2, 0.25) is 0 Å². The van der Waals surface area contributed by atoms with Gasteiger partial charge in [0.05, 0.1) is 0 Å². The van der Waals surface area contributed by atoms with Gasteiger partial charge in [-0.3, -0.25) is 0 Å². The third-order valence-corrected chi connectivity index (χ3v) is 4.25. The van der Waals surface area contributed by atoms with Gasteiger partial charge < -0.3 is 5.32 Å². The lowest BCUT2D eigenvalue weighted by molar-refractivity contribution is 0.301. The normalized spacial score (nSPS) is 26.8. The van der Waals surface area contributed by atoms with Gasteiger partial charge in [0.25, 0.3) is 0 Å². The maximum Gasteiger partial charge on any atom is 0.129 e. The fraction of sp³-hybridized carbons (Fsp3) is 0.556. The zero-order chi connectivity index (χ0) is 14.9. The van der Waals surface area contributed by atoms with Gasteiger partial charge in [0.15, 0.2) is 0 Å². The van der Waals surface area contributed by atoms with Crippen LogP contribution >= 0.6 is 0 Å². The second-order valence-corrected chi connectivity index (χ2v) is 7.18. The van der Waals surface area contributed by atoms with E-state index in [1.165, 1.54) is 0 Å². The fourth-order valence-electron chi connectivity index (χ4n) is 3.30. The summed E-state index contributed by atoms with van der Waals surface area (Å²) >= 11 is 0. The summed E-state index contributed by atoms with van der Waals surface area (Å²) in [5.74, 6) is 0.438. The Morgan fingerprint density at radius 2 is 2.10 bits per heavy atom. The van der Waals surface area contributed by atoms with E-state index in [1.807, 2.05) is 31.2 Å². The molecule has 1 aliphatic heterocycles. The SMILES string of the molecule is C=CC1C(CC(C)(C)C)NCC1c1cccc(C)c1F. The number of hydrogen-bond donors (Lipinski definition) is 1. The molecule has 0 spiro atoms. The van der Waals surface area contributed by atoms with Gasteiger partial charge in [0.2, 0.25) is 0 Å². The van der Waals surface area contributed by atoms with Gasteiger partial charge in [-0.15, -0.1) is 6.58 Å².